The number of halogens is 1. The summed E-state index contributed by atoms with van der Waals surface area (Å²) in [4.78, 5) is 9.75. The lowest BCUT2D eigenvalue weighted by atomic mass is 10.2. The van der Waals surface area contributed by atoms with Crippen LogP contribution < -0.4 is 0 Å². The van der Waals surface area contributed by atoms with Crippen molar-refractivity contribution in [1.29, 1.82) is 0 Å². The lowest BCUT2D eigenvalue weighted by Crippen LogP contribution is -1.90. The van der Waals surface area contributed by atoms with Crippen LogP contribution in [0.3, 0.4) is 0 Å². The van der Waals surface area contributed by atoms with Crippen LogP contribution in [0.25, 0.3) is 0 Å². The van der Waals surface area contributed by atoms with Gasteiger partial charge in [-0.15, -0.1) is 0 Å². The standard InChI is InChI=1S/C9H8ClO2/c1-7-2-3-8(4-9(7)10)5-12-6-11/h2-4H,5H2,1H3. The number of carbonyl (C=O) groups excluding carboxylic acids is 1. The molecular formula is C9H8ClO2. The van der Waals surface area contributed by atoms with Crippen LogP contribution in [0.4, 0.5) is 0 Å². The second kappa shape index (κ2) is 4.12. The predicted octanol–water partition coefficient (Wildman–Crippen LogP) is 2.23. The molecule has 1 aromatic rings. The minimum atomic E-state index is 0.226. The fraction of sp³-hybridized carbons (Fsp3) is 0.222. The topological polar surface area (TPSA) is 26.3 Å². The van der Waals surface area contributed by atoms with Gasteiger partial charge in [0.1, 0.15) is 6.61 Å². The number of benzene rings is 1. The van der Waals surface area contributed by atoms with Crippen LogP contribution in [0.1, 0.15) is 11.1 Å². The third-order valence-electron chi connectivity index (χ3n) is 1.53. The molecule has 0 aliphatic rings. The minimum Gasteiger partial charge on any atom is -0.452 e. The number of rotatable bonds is 3. The van der Waals surface area contributed by atoms with Crippen molar-refractivity contribution < 1.29 is 9.53 Å². The molecule has 0 spiro atoms. The Bertz CT molecular complexity index is 284. The van der Waals surface area contributed by atoms with Gasteiger partial charge in [-0.3, -0.25) is 0 Å². The maximum Gasteiger partial charge on any atom is 0.417 e. The highest BCUT2D eigenvalue weighted by Gasteiger charge is 1.97. The van der Waals surface area contributed by atoms with Crippen LogP contribution in [0, 0.1) is 6.92 Å². The molecule has 0 atom stereocenters. The van der Waals surface area contributed by atoms with E-state index in [1.54, 1.807) is 6.07 Å². The van der Waals surface area contributed by atoms with Gasteiger partial charge in [-0.05, 0) is 24.1 Å². The van der Waals surface area contributed by atoms with Gasteiger partial charge in [0.05, 0.1) is 0 Å². The molecule has 0 N–H and O–H groups in total. The van der Waals surface area contributed by atoms with Crippen molar-refractivity contribution in [2.75, 3.05) is 0 Å². The smallest absolute Gasteiger partial charge is 0.417 e. The zero-order valence-corrected chi connectivity index (χ0v) is 7.39. The van der Waals surface area contributed by atoms with Crippen molar-refractivity contribution in [1.82, 2.24) is 0 Å². The third-order valence-corrected chi connectivity index (χ3v) is 1.94. The largest absolute Gasteiger partial charge is 0.452 e. The fourth-order valence-electron chi connectivity index (χ4n) is 0.839. The van der Waals surface area contributed by atoms with E-state index in [1.165, 1.54) is 6.47 Å². The first-order valence-electron chi connectivity index (χ1n) is 3.48. The summed E-state index contributed by atoms with van der Waals surface area (Å²) in [7, 11) is 0. The fourth-order valence-corrected chi connectivity index (χ4v) is 1.04. The van der Waals surface area contributed by atoms with Crippen LogP contribution >= 0.6 is 11.6 Å². The van der Waals surface area contributed by atoms with E-state index in [4.69, 9.17) is 11.6 Å². The molecule has 1 rings (SSSR count). The highest BCUT2D eigenvalue weighted by atomic mass is 35.5. The molecule has 1 aromatic carbocycles. The van der Waals surface area contributed by atoms with Gasteiger partial charge in [0.15, 0.2) is 0 Å². The molecule has 0 bridgehead atoms. The Hall–Kier alpha value is -1.02. The molecule has 0 amide bonds. The molecule has 63 valence electrons. The van der Waals surface area contributed by atoms with Crippen molar-refractivity contribution >= 4 is 18.1 Å². The number of hydrogen-bond acceptors (Lipinski definition) is 2. The summed E-state index contributed by atoms with van der Waals surface area (Å²) >= 11 is 5.84. The molecule has 0 aromatic heterocycles. The van der Waals surface area contributed by atoms with Crippen molar-refractivity contribution in [2.24, 2.45) is 0 Å². The van der Waals surface area contributed by atoms with Crippen LogP contribution in [0.15, 0.2) is 18.2 Å². The molecule has 0 saturated heterocycles. The minimum absolute atomic E-state index is 0.226. The summed E-state index contributed by atoms with van der Waals surface area (Å²) in [6, 6.07) is 5.51. The van der Waals surface area contributed by atoms with E-state index in [-0.39, 0.29) is 6.61 Å². The van der Waals surface area contributed by atoms with E-state index in [0.717, 1.165) is 11.1 Å². The summed E-state index contributed by atoms with van der Waals surface area (Å²) < 4.78 is 4.45. The zero-order valence-electron chi connectivity index (χ0n) is 6.63. The second-order valence-corrected chi connectivity index (χ2v) is 2.86. The average molecular weight is 184 g/mol. The van der Waals surface area contributed by atoms with Crippen molar-refractivity contribution in [3.05, 3.63) is 34.3 Å². The lowest BCUT2D eigenvalue weighted by Gasteiger charge is -2.01. The Morgan fingerprint density at radius 1 is 1.58 bits per heavy atom. The van der Waals surface area contributed by atoms with Gasteiger partial charge in [-0.25, -0.2) is 4.79 Å². The van der Waals surface area contributed by atoms with Gasteiger partial charge < -0.3 is 4.74 Å². The van der Waals surface area contributed by atoms with Crippen LogP contribution in [-0.2, 0) is 16.1 Å². The van der Waals surface area contributed by atoms with E-state index >= 15 is 0 Å². The van der Waals surface area contributed by atoms with Gasteiger partial charge in [0.2, 0.25) is 0 Å². The van der Waals surface area contributed by atoms with E-state index < -0.39 is 0 Å². The summed E-state index contributed by atoms with van der Waals surface area (Å²) in [6.45, 7) is 3.50. The SMILES string of the molecule is Cc1ccc(CO[C]=O)cc1Cl. The molecule has 2 nitrogen and oxygen atoms in total. The molecule has 0 aliphatic carbocycles. The first kappa shape index (κ1) is 9.07. The highest BCUT2D eigenvalue weighted by Crippen LogP contribution is 2.16. The van der Waals surface area contributed by atoms with Gasteiger partial charge in [-0.2, -0.15) is 0 Å². The van der Waals surface area contributed by atoms with Crippen molar-refractivity contribution in [3.63, 3.8) is 0 Å². The zero-order chi connectivity index (χ0) is 8.97. The quantitative estimate of drug-likeness (QED) is 0.719. The molecule has 0 unspecified atom stereocenters. The second-order valence-electron chi connectivity index (χ2n) is 2.46. The summed E-state index contributed by atoms with van der Waals surface area (Å²) in [5.41, 5.74) is 1.88. The van der Waals surface area contributed by atoms with Crippen molar-refractivity contribution in [3.8, 4) is 0 Å². The first-order valence-corrected chi connectivity index (χ1v) is 3.86. The number of ether oxygens (including phenoxy) is 1. The Morgan fingerprint density at radius 3 is 2.92 bits per heavy atom. The predicted molar refractivity (Wildman–Crippen MR) is 46.7 cm³/mol. The Morgan fingerprint density at radius 2 is 2.33 bits per heavy atom. The highest BCUT2D eigenvalue weighted by molar-refractivity contribution is 6.31. The van der Waals surface area contributed by atoms with Gasteiger partial charge in [0.25, 0.3) is 0 Å². The first-order chi connectivity index (χ1) is 5.74. The monoisotopic (exact) mass is 183 g/mol. The molecule has 0 aliphatic heterocycles. The van der Waals surface area contributed by atoms with Gasteiger partial charge >= 0.3 is 6.47 Å². The molecular weight excluding hydrogens is 176 g/mol. The normalized spacial score (nSPS) is 9.50. The molecule has 0 heterocycles. The Kier molecular flexibility index (Phi) is 3.11. The van der Waals surface area contributed by atoms with E-state index in [2.05, 4.69) is 4.74 Å². The van der Waals surface area contributed by atoms with E-state index in [0.29, 0.717) is 5.02 Å². The van der Waals surface area contributed by atoms with E-state index in [1.807, 2.05) is 19.1 Å². The molecule has 0 saturated carbocycles. The Balaban J connectivity index is 2.75. The summed E-state index contributed by atoms with van der Waals surface area (Å²) in [5, 5.41) is 0.682. The summed E-state index contributed by atoms with van der Waals surface area (Å²) in [6.07, 6.45) is 0. The third kappa shape index (κ3) is 2.24. The number of hydrogen-bond donors (Lipinski definition) is 0. The molecule has 1 radical (unpaired) electrons. The summed E-state index contributed by atoms with van der Waals surface area (Å²) in [5.74, 6) is 0. The maximum absolute atomic E-state index is 9.75. The van der Waals surface area contributed by atoms with E-state index in [9.17, 15) is 4.79 Å². The number of aryl methyl sites for hydroxylation is 1. The lowest BCUT2D eigenvalue weighted by molar-refractivity contribution is 0.267. The average Bonchev–Trinajstić information content (AvgIpc) is 2.07. The Labute approximate surface area is 76.1 Å². The van der Waals surface area contributed by atoms with Gasteiger partial charge in [0, 0.05) is 5.02 Å². The van der Waals surface area contributed by atoms with Crippen LogP contribution in [-0.4, -0.2) is 6.47 Å². The molecule has 12 heavy (non-hydrogen) atoms. The maximum atomic E-state index is 9.75. The molecule has 3 heteroatoms. The van der Waals surface area contributed by atoms with Gasteiger partial charge in [-0.1, -0.05) is 23.7 Å². The molecule has 0 fully saturated rings. The van der Waals surface area contributed by atoms with Crippen LogP contribution in [0.5, 0.6) is 0 Å². The van der Waals surface area contributed by atoms with Crippen molar-refractivity contribution in [2.45, 2.75) is 13.5 Å². The van der Waals surface area contributed by atoms with Crippen LogP contribution in [0.2, 0.25) is 5.02 Å².